The lowest BCUT2D eigenvalue weighted by atomic mass is 10.2. The van der Waals surface area contributed by atoms with E-state index in [0.29, 0.717) is 12.2 Å². The van der Waals surface area contributed by atoms with Crippen molar-refractivity contribution in [3.63, 3.8) is 0 Å². The summed E-state index contributed by atoms with van der Waals surface area (Å²) in [5.74, 6) is -1.03. The third-order valence-corrected chi connectivity index (χ3v) is 5.44. The Morgan fingerprint density at radius 2 is 1.81 bits per heavy atom. The fourth-order valence-corrected chi connectivity index (χ4v) is 3.48. The van der Waals surface area contributed by atoms with Crippen LogP contribution in [0.4, 0.5) is 10.1 Å². The van der Waals surface area contributed by atoms with Gasteiger partial charge in [0, 0.05) is 17.8 Å². The van der Waals surface area contributed by atoms with Gasteiger partial charge in [0.25, 0.3) is 5.91 Å². The van der Waals surface area contributed by atoms with Gasteiger partial charge in [-0.25, -0.2) is 17.5 Å². The number of benzene rings is 2. The molecule has 0 saturated heterocycles. The third kappa shape index (κ3) is 5.52. The predicted molar refractivity (Wildman–Crippen MR) is 101 cm³/mol. The van der Waals surface area contributed by atoms with Crippen molar-refractivity contribution < 1.29 is 17.6 Å². The van der Waals surface area contributed by atoms with Crippen LogP contribution in [0.15, 0.2) is 47.4 Å². The van der Waals surface area contributed by atoms with E-state index in [4.69, 9.17) is 11.6 Å². The highest BCUT2D eigenvalue weighted by atomic mass is 35.5. The van der Waals surface area contributed by atoms with Crippen LogP contribution in [-0.2, 0) is 10.0 Å². The first-order valence-corrected chi connectivity index (χ1v) is 10.1. The largest absolute Gasteiger partial charge is 0.322 e. The lowest BCUT2D eigenvalue weighted by molar-refractivity contribution is 0.102. The summed E-state index contributed by atoms with van der Waals surface area (Å²) in [6, 6.07) is 9.41. The molecule has 140 valence electrons. The van der Waals surface area contributed by atoms with E-state index in [-0.39, 0.29) is 15.5 Å². The van der Waals surface area contributed by atoms with Crippen LogP contribution in [0.5, 0.6) is 0 Å². The molecule has 5 nitrogen and oxygen atoms in total. The molecule has 1 amide bonds. The van der Waals surface area contributed by atoms with Crippen LogP contribution in [0.25, 0.3) is 0 Å². The van der Waals surface area contributed by atoms with Gasteiger partial charge in [-0.05, 0) is 48.9 Å². The second kappa shape index (κ2) is 9.12. The number of anilines is 1. The Morgan fingerprint density at radius 3 is 2.42 bits per heavy atom. The van der Waals surface area contributed by atoms with Gasteiger partial charge in [-0.3, -0.25) is 4.79 Å². The van der Waals surface area contributed by atoms with Crippen LogP contribution in [0.1, 0.15) is 36.5 Å². The van der Waals surface area contributed by atoms with E-state index in [1.807, 2.05) is 6.92 Å². The summed E-state index contributed by atoms with van der Waals surface area (Å²) in [4.78, 5) is 12.3. The Kier molecular flexibility index (Phi) is 7.14. The Labute approximate surface area is 157 Å². The Hall–Kier alpha value is -1.96. The molecule has 0 aliphatic carbocycles. The SMILES string of the molecule is CCCCCNS(=O)(=O)c1ccc(C(=O)Nc2ccc(F)c(Cl)c2)cc1. The van der Waals surface area contributed by atoms with Gasteiger partial charge < -0.3 is 5.32 Å². The first-order chi connectivity index (χ1) is 12.3. The maximum Gasteiger partial charge on any atom is 0.255 e. The Morgan fingerprint density at radius 1 is 1.12 bits per heavy atom. The summed E-state index contributed by atoms with van der Waals surface area (Å²) < 4.78 is 40.0. The summed E-state index contributed by atoms with van der Waals surface area (Å²) >= 11 is 5.68. The van der Waals surface area contributed by atoms with Crippen molar-refractivity contribution in [2.24, 2.45) is 0 Å². The molecule has 0 atom stereocenters. The second-order valence-electron chi connectivity index (χ2n) is 5.71. The molecule has 0 fully saturated rings. The molecule has 0 bridgehead atoms. The summed E-state index contributed by atoms with van der Waals surface area (Å²) in [6.45, 7) is 2.42. The number of amides is 1. The lowest BCUT2D eigenvalue weighted by Gasteiger charge is -2.08. The van der Waals surface area contributed by atoms with Crippen LogP contribution in [0.2, 0.25) is 5.02 Å². The first-order valence-electron chi connectivity index (χ1n) is 8.19. The number of rotatable bonds is 8. The van der Waals surface area contributed by atoms with Crippen LogP contribution in [-0.4, -0.2) is 20.9 Å². The minimum Gasteiger partial charge on any atom is -0.322 e. The maximum atomic E-state index is 13.1. The van der Waals surface area contributed by atoms with Crippen molar-refractivity contribution in [2.45, 2.75) is 31.1 Å². The molecule has 0 spiro atoms. The van der Waals surface area contributed by atoms with E-state index in [2.05, 4.69) is 10.0 Å². The van der Waals surface area contributed by atoms with Gasteiger partial charge in [-0.2, -0.15) is 0 Å². The number of carbonyl (C=O) groups is 1. The molecule has 0 aliphatic heterocycles. The normalized spacial score (nSPS) is 11.3. The van der Waals surface area contributed by atoms with Crippen molar-refractivity contribution >= 4 is 33.2 Å². The highest BCUT2D eigenvalue weighted by Crippen LogP contribution is 2.20. The fourth-order valence-electron chi connectivity index (χ4n) is 2.23. The smallest absolute Gasteiger partial charge is 0.255 e. The molecule has 0 aromatic heterocycles. The molecular weight excluding hydrogens is 379 g/mol. The molecule has 0 saturated carbocycles. The molecule has 0 heterocycles. The molecular formula is C18H20ClFN2O3S. The van der Waals surface area contributed by atoms with Crippen molar-refractivity contribution in [1.29, 1.82) is 0 Å². The molecule has 2 aromatic rings. The molecule has 0 aliphatic rings. The quantitative estimate of drug-likeness (QED) is 0.654. The van der Waals surface area contributed by atoms with E-state index < -0.39 is 21.7 Å². The molecule has 2 aromatic carbocycles. The second-order valence-corrected chi connectivity index (χ2v) is 7.89. The van der Waals surface area contributed by atoms with Crippen LogP contribution < -0.4 is 10.0 Å². The minimum absolute atomic E-state index is 0.0929. The zero-order valence-electron chi connectivity index (χ0n) is 14.3. The number of carbonyl (C=O) groups excluding carboxylic acids is 1. The Bertz CT molecular complexity index is 871. The lowest BCUT2D eigenvalue weighted by Crippen LogP contribution is -2.24. The number of hydrogen-bond donors (Lipinski definition) is 2. The van der Waals surface area contributed by atoms with Crippen molar-refractivity contribution in [2.75, 3.05) is 11.9 Å². The van der Waals surface area contributed by atoms with Gasteiger partial charge in [0.15, 0.2) is 0 Å². The average molecular weight is 399 g/mol. The van der Waals surface area contributed by atoms with Gasteiger partial charge in [0.1, 0.15) is 5.82 Å². The van der Waals surface area contributed by atoms with Crippen molar-refractivity contribution in [1.82, 2.24) is 4.72 Å². The molecule has 26 heavy (non-hydrogen) atoms. The van der Waals surface area contributed by atoms with E-state index in [1.165, 1.54) is 36.4 Å². The average Bonchev–Trinajstić information content (AvgIpc) is 2.62. The number of hydrogen-bond acceptors (Lipinski definition) is 3. The number of halogens is 2. The van der Waals surface area contributed by atoms with Gasteiger partial charge in [0.05, 0.1) is 9.92 Å². The molecule has 2 N–H and O–H groups in total. The number of sulfonamides is 1. The van der Waals surface area contributed by atoms with Crippen LogP contribution in [0.3, 0.4) is 0 Å². The summed E-state index contributed by atoms with van der Waals surface area (Å²) in [5.41, 5.74) is 0.617. The zero-order valence-corrected chi connectivity index (χ0v) is 15.8. The minimum atomic E-state index is -3.59. The maximum absolute atomic E-state index is 13.1. The molecule has 0 radical (unpaired) electrons. The predicted octanol–water partition coefficient (Wildman–Crippen LogP) is 4.20. The summed E-state index contributed by atoms with van der Waals surface area (Å²) in [5, 5.41) is 2.48. The van der Waals surface area contributed by atoms with Crippen LogP contribution >= 0.6 is 11.6 Å². The van der Waals surface area contributed by atoms with Crippen LogP contribution in [0, 0.1) is 5.82 Å². The standard InChI is InChI=1S/C18H20ClFN2O3S/c1-2-3-4-11-21-26(24,25)15-8-5-13(6-9-15)18(23)22-14-7-10-17(20)16(19)12-14/h5-10,12,21H,2-4,11H2,1H3,(H,22,23). The molecule has 0 unspecified atom stereocenters. The van der Waals surface area contributed by atoms with E-state index >= 15 is 0 Å². The van der Waals surface area contributed by atoms with Gasteiger partial charge in [-0.1, -0.05) is 31.4 Å². The highest BCUT2D eigenvalue weighted by Gasteiger charge is 2.14. The zero-order chi connectivity index (χ0) is 19.2. The van der Waals surface area contributed by atoms with E-state index in [9.17, 15) is 17.6 Å². The van der Waals surface area contributed by atoms with Gasteiger partial charge in [-0.15, -0.1) is 0 Å². The molecule has 2 rings (SSSR count). The van der Waals surface area contributed by atoms with Crippen molar-refractivity contribution in [3.8, 4) is 0 Å². The van der Waals surface area contributed by atoms with E-state index in [1.54, 1.807) is 0 Å². The molecule has 8 heteroatoms. The third-order valence-electron chi connectivity index (χ3n) is 3.68. The summed E-state index contributed by atoms with van der Waals surface area (Å²) in [7, 11) is -3.59. The fraction of sp³-hybridized carbons (Fsp3) is 0.278. The number of nitrogens with one attached hydrogen (secondary N) is 2. The summed E-state index contributed by atoms with van der Waals surface area (Å²) in [6.07, 6.45) is 2.73. The monoisotopic (exact) mass is 398 g/mol. The Balaban J connectivity index is 2.03. The highest BCUT2D eigenvalue weighted by molar-refractivity contribution is 7.89. The van der Waals surface area contributed by atoms with Gasteiger partial charge >= 0.3 is 0 Å². The van der Waals surface area contributed by atoms with E-state index in [0.717, 1.165) is 25.3 Å². The number of unbranched alkanes of at least 4 members (excludes halogenated alkanes) is 2. The van der Waals surface area contributed by atoms with Gasteiger partial charge in [0.2, 0.25) is 10.0 Å². The first kappa shape index (κ1) is 20.4. The topological polar surface area (TPSA) is 75.3 Å². The van der Waals surface area contributed by atoms with Crippen molar-refractivity contribution in [3.05, 3.63) is 58.9 Å².